The molecule has 1 aliphatic rings. The second-order valence-electron chi connectivity index (χ2n) is 7.48. The van der Waals surface area contributed by atoms with Gasteiger partial charge < -0.3 is 15.8 Å². The molecule has 2 aromatic rings. The van der Waals surface area contributed by atoms with E-state index in [9.17, 15) is 4.79 Å². The molecule has 1 aromatic heterocycles. The van der Waals surface area contributed by atoms with Crippen LogP contribution < -0.4 is 15.8 Å². The Morgan fingerprint density at radius 2 is 1.84 bits per heavy atom. The number of rotatable bonds is 7. The summed E-state index contributed by atoms with van der Waals surface area (Å²) >= 11 is 0. The van der Waals surface area contributed by atoms with Gasteiger partial charge in [-0.15, -0.1) is 0 Å². The van der Waals surface area contributed by atoms with E-state index in [0.29, 0.717) is 17.7 Å². The molecule has 31 heavy (non-hydrogen) atoms. The van der Waals surface area contributed by atoms with Gasteiger partial charge in [-0.2, -0.15) is 0 Å². The molecule has 0 amide bonds. The summed E-state index contributed by atoms with van der Waals surface area (Å²) in [5.74, 6) is 2.28. The normalized spacial score (nSPS) is 18.2. The van der Waals surface area contributed by atoms with Gasteiger partial charge in [-0.3, -0.25) is 4.79 Å². The van der Waals surface area contributed by atoms with Crippen LogP contribution in [0, 0.1) is 12.8 Å². The Labute approximate surface area is 187 Å². The van der Waals surface area contributed by atoms with Crippen molar-refractivity contribution in [3.05, 3.63) is 53.5 Å². The molecule has 1 heterocycles. The van der Waals surface area contributed by atoms with Crippen molar-refractivity contribution in [2.75, 3.05) is 12.4 Å². The predicted molar refractivity (Wildman–Crippen MR) is 129 cm³/mol. The molecule has 0 atom stereocenters. The van der Waals surface area contributed by atoms with E-state index in [0.717, 1.165) is 17.2 Å². The molecule has 3 rings (SSSR count). The monoisotopic (exact) mass is 426 g/mol. The largest absolute Gasteiger partial charge is 0.454 e. The number of aryl methyl sites for hydroxylation is 1. The lowest BCUT2D eigenvalue weighted by Crippen LogP contribution is -2.26. The number of nitrogens with one attached hydrogen (secondary N) is 1. The first kappa shape index (κ1) is 26.3. The molecule has 1 aromatic carbocycles. The first-order valence-electron chi connectivity index (χ1n) is 10.7. The minimum absolute atomic E-state index is 0. The number of hydrogen-bond acceptors (Lipinski definition) is 6. The number of allylic oxidation sites excluding steroid dienone is 1. The van der Waals surface area contributed by atoms with Crippen molar-refractivity contribution in [1.82, 2.24) is 9.97 Å². The van der Waals surface area contributed by atoms with Crippen molar-refractivity contribution < 1.29 is 9.53 Å². The summed E-state index contributed by atoms with van der Waals surface area (Å²) in [5, 5.41) is 3.47. The van der Waals surface area contributed by atoms with E-state index in [1.165, 1.54) is 46.1 Å². The molecular formula is C25H38N4O2. The molecule has 0 unspecified atom stereocenters. The molecule has 3 N–H and O–H groups in total. The zero-order valence-corrected chi connectivity index (χ0v) is 18.5. The third-order valence-corrected chi connectivity index (χ3v) is 5.38. The van der Waals surface area contributed by atoms with E-state index in [1.807, 2.05) is 37.3 Å². The van der Waals surface area contributed by atoms with Crippen LogP contribution in [0.25, 0.3) is 6.08 Å². The van der Waals surface area contributed by atoms with Crippen LogP contribution in [-0.4, -0.2) is 28.8 Å². The summed E-state index contributed by atoms with van der Waals surface area (Å²) in [6.45, 7) is 5.69. The molecular weight excluding hydrogens is 388 g/mol. The topological polar surface area (TPSA) is 90.1 Å². The Morgan fingerprint density at radius 1 is 1.19 bits per heavy atom. The molecule has 1 fully saturated rings. The number of benzene rings is 1. The van der Waals surface area contributed by atoms with Gasteiger partial charge in [-0.1, -0.05) is 39.0 Å². The van der Waals surface area contributed by atoms with E-state index in [4.69, 9.17) is 4.74 Å². The molecule has 0 saturated heterocycles. The Bertz CT molecular complexity index is 829. The van der Waals surface area contributed by atoms with E-state index in [-0.39, 0.29) is 19.0 Å². The van der Waals surface area contributed by atoms with Gasteiger partial charge in [0.05, 0.1) is 5.69 Å². The number of hydrogen-bond donors (Lipinski definition) is 2. The van der Waals surface area contributed by atoms with E-state index in [1.54, 1.807) is 12.3 Å². The molecule has 1 saturated carbocycles. The van der Waals surface area contributed by atoms with E-state index < -0.39 is 0 Å². The molecule has 0 bridgehead atoms. The van der Waals surface area contributed by atoms with Crippen LogP contribution >= 0.6 is 0 Å². The van der Waals surface area contributed by atoms with Gasteiger partial charge in [0.2, 0.25) is 5.95 Å². The lowest BCUT2D eigenvalue weighted by molar-refractivity contribution is -0.115. The molecule has 6 heteroatoms. The molecule has 0 spiro atoms. The highest BCUT2D eigenvalue weighted by Gasteiger charge is 2.20. The van der Waals surface area contributed by atoms with Crippen molar-refractivity contribution in [2.45, 2.75) is 66.3 Å². The van der Waals surface area contributed by atoms with Gasteiger partial charge >= 0.3 is 0 Å². The average molecular weight is 427 g/mol. The molecule has 0 radical (unpaired) electrons. The fourth-order valence-corrected chi connectivity index (χ4v) is 3.54. The Balaban J connectivity index is 0.00000156. The number of aromatic nitrogens is 2. The van der Waals surface area contributed by atoms with E-state index >= 15 is 0 Å². The van der Waals surface area contributed by atoms with Gasteiger partial charge in [0, 0.05) is 24.7 Å². The molecule has 0 aliphatic heterocycles. The van der Waals surface area contributed by atoms with Crippen LogP contribution in [0.1, 0.15) is 64.6 Å². The standard InChI is InChI=1S/C23H29N3O2.CH5N.CH4/c1-4-18-10-12-20(13-11-18)26-23-24-15-19(16(2)25-23)14-22(17(3)27)28-21-8-6-5-7-9-21;1-2;/h5-9,14-15,18,20H,4,10-13H2,1-3H3,(H,24,25,26);2H2,1H3;1H4/b22-14+;;. The Morgan fingerprint density at radius 3 is 2.39 bits per heavy atom. The summed E-state index contributed by atoms with van der Waals surface area (Å²) in [7, 11) is 1.50. The number of ether oxygens (including phenoxy) is 1. The third kappa shape index (κ3) is 8.13. The van der Waals surface area contributed by atoms with Gasteiger partial charge in [-0.25, -0.2) is 9.97 Å². The van der Waals surface area contributed by atoms with Crippen LogP contribution in [0.5, 0.6) is 5.75 Å². The maximum absolute atomic E-state index is 12.0. The van der Waals surface area contributed by atoms with Gasteiger partial charge in [-0.05, 0) is 63.8 Å². The highest BCUT2D eigenvalue weighted by molar-refractivity contribution is 5.96. The second kappa shape index (κ2) is 13.5. The lowest BCUT2D eigenvalue weighted by Gasteiger charge is -2.28. The smallest absolute Gasteiger partial charge is 0.223 e. The minimum Gasteiger partial charge on any atom is -0.454 e. The van der Waals surface area contributed by atoms with Gasteiger partial charge in [0.15, 0.2) is 11.5 Å². The maximum Gasteiger partial charge on any atom is 0.223 e. The fraction of sp³-hybridized carbons (Fsp3) is 0.480. The van der Waals surface area contributed by atoms with Crippen LogP contribution in [-0.2, 0) is 4.79 Å². The summed E-state index contributed by atoms with van der Waals surface area (Å²) in [6, 6.07) is 9.73. The summed E-state index contributed by atoms with van der Waals surface area (Å²) in [6.07, 6.45) is 9.61. The fourth-order valence-electron chi connectivity index (χ4n) is 3.54. The van der Waals surface area contributed by atoms with Crippen molar-refractivity contribution in [2.24, 2.45) is 11.7 Å². The summed E-state index contributed by atoms with van der Waals surface area (Å²) in [5.41, 5.74) is 6.09. The first-order chi connectivity index (χ1) is 14.5. The molecule has 1 aliphatic carbocycles. The van der Waals surface area contributed by atoms with Crippen molar-refractivity contribution in [3.63, 3.8) is 0 Å². The Hall–Kier alpha value is -2.73. The lowest BCUT2D eigenvalue weighted by atomic mass is 9.85. The van der Waals surface area contributed by atoms with Crippen LogP contribution in [0.2, 0.25) is 0 Å². The van der Waals surface area contributed by atoms with Crippen LogP contribution in [0.4, 0.5) is 5.95 Å². The number of carbonyl (C=O) groups excluding carboxylic acids is 1. The highest BCUT2D eigenvalue weighted by atomic mass is 16.5. The number of carbonyl (C=O) groups is 1. The number of nitrogens with two attached hydrogens (primary N) is 1. The second-order valence-corrected chi connectivity index (χ2v) is 7.48. The number of Topliss-reactive ketones (excluding diaryl/α,β-unsaturated/α-hetero) is 1. The van der Waals surface area contributed by atoms with E-state index in [2.05, 4.69) is 27.9 Å². The van der Waals surface area contributed by atoms with Crippen LogP contribution in [0.15, 0.2) is 42.3 Å². The first-order valence-corrected chi connectivity index (χ1v) is 10.7. The SMILES string of the molecule is C.CCC1CCC(Nc2ncc(/C=C(/Oc3ccccc3)C(C)=O)c(C)n2)CC1.CN. The third-order valence-electron chi connectivity index (χ3n) is 5.38. The van der Waals surface area contributed by atoms with Crippen molar-refractivity contribution in [1.29, 1.82) is 0 Å². The number of para-hydroxylation sites is 1. The summed E-state index contributed by atoms with van der Waals surface area (Å²) in [4.78, 5) is 21.0. The number of anilines is 1. The number of ketones is 1. The summed E-state index contributed by atoms with van der Waals surface area (Å²) < 4.78 is 5.75. The Kier molecular flexibility index (Phi) is 11.5. The zero-order chi connectivity index (χ0) is 21.9. The van der Waals surface area contributed by atoms with Crippen molar-refractivity contribution in [3.8, 4) is 5.75 Å². The van der Waals surface area contributed by atoms with Crippen LogP contribution in [0.3, 0.4) is 0 Å². The minimum atomic E-state index is -0.141. The predicted octanol–water partition coefficient (Wildman–Crippen LogP) is 5.39. The average Bonchev–Trinajstić information content (AvgIpc) is 2.77. The molecule has 170 valence electrons. The molecule has 6 nitrogen and oxygen atoms in total. The van der Waals surface area contributed by atoms with Gasteiger partial charge in [0.25, 0.3) is 0 Å². The van der Waals surface area contributed by atoms with Gasteiger partial charge in [0.1, 0.15) is 5.75 Å². The number of nitrogens with zero attached hydrogens (tertiary/aromatic N) is 2. The quantitative estimate of drug-likeness (QED) is 0.456. The highest BCUT2D eigenvalue weighted by Crippen LogP contribution is 2.28. The zero-order valence-electron chi connectivity index (χ0n) is 18.5. The maximum atomic E-state index is 12.0. The van der Waals surface area contributed by atoms with Crippen molar-refractivity contribution >= 4 is 17.8 Å².